The van der Waals surface area contributed by atoms with Crippen LogP contribution in [0.15, 0.2) is 83.9 Å². The Morgan fingerprint density at radius 3 is 2.26 bits per heavy atom. The summed E-state index contributed by atoms with van der Waals surface area (Å²) in [7, 11) is 0. The lowest BCUT2D eigenvalue weighted by atomic mass is 10.1. The van der Waals surface area contributed by atoms with E-state index in [0.29, 0.717) is 0 Å². The largest absolute Gasteiger partial charge is 0.356 e. The fourth-order valence-corrected chi connectivity index (χ4v) is 4.05. The van der Waals surface area contributed by atoms with E-state index >= 15 is 0 Å². The molecule has 0 amide bonds. The van der Waals surface area contributed by atoms with Crippen LogP contribution < -0.4 is 5.32 Å². The fraction of sp³-hybridized carbons (Fsp3) is 0.179. The van der Waals surface area contributed by atoms with Gasteiger partial charge in [0.05, 0.1) is 11.4 Å². The normalized spacial score (nSPS) is 11.2. The van der Waals surface area contributed by atoms with Crippen molar-refractivity contribution < 1.29 is 0 Å². The first-order valence-corrected chi connectivity index (χ1v) is 10.8. The topological polar surface area (TPSA) is 29.3 Å². The lowest BCUT2D eigenvalue weighted by Crippen LogP contribution is -2.05. The molecule has 0 aliphatic carbocycles. The molecule has 4 aromatic rings. The van der Waals surface area contributed by atoms with Crippen LogP contribution in [-0.4, -0.2) is 10.8 Å². The summed E-state index contributed by atoms with van der Waals surface area (Å²) in [4.78, 5) is 4.73. The first kappa shape index (κ1) is 20.7. The first-order chi connectivity index (χ1) is 15.1. The summed E-state index contributed by atoms with van der Waals surface area (Å²) >= 11 is 0. The summed E-state index contributed by atoms with van der Waals surface area (Å²) in [5.74, 6) is 0. The van der Waals surface area contributed by atoms with Crippen LogP contribution in [0.25, 0.3) is 5.69 Å². The Balaban J connectivity index is 1.57. The summed E-state index contributed by atoms with van der Waals surface area (Å²) in [5, 5.41) is 3.40. The molecule has 1 aromatic heterocycles. The van der Waals surface area contributed by atoms with E-state index < -0.39 is 0 Å². The van der Waals surface area contributed by atoms with Crippen LogP contribution in [0.2, 0.25) is 0 Å². The van der Waals surface area contributed by atoms with Gasteiger partial charge in [0, 0.05) is 34.5 Å². The second-order valence-corrected chi connectivity index (χ2v) is 7.89. The first-order valence-electron chi connectivity index (χ1n) is 10.8. The monoisotopic (exact) mass is 407 g/mol. The van der Waals surface area contributed by atoms with Crippen molar-refractivity contribution in [2.75, 3.05) is 5.32 Å². The number of nitrogens with zero attached hydrogens (tertiary/aromatic N) is 2. The Morgan fingerprint density at radius 2 is 1.55 bits per heavy atom. The third kappa shape index (κ3) is 4.46. The zero-order valence-electron chi connectivity index (χ0n) is 18.7. The number of para-hydroxylation sites is 2. The lowest BCUT2D eigenvalue weighted by molar-refractivity contribution is 0.926. The molecule has 0 spiro atoms. The molecule has 0 saturated carbocycles. The van der Waals surface area contributed by atoms with E-state index in [1.807, 2.05) is 36.5 Å². The fourth-order valence-electron chi connectivity index (χ4n) is 4.05. The SMILES string of the molecule is CCc1cccc(C)c1-n1c(C)cc(C=Nc2ccc(Nc3ccccc3)cc2)c1C. The summed E-state index contributed by atoms with van der Waals surface area (Å²) in [5.41, 5.74) is 10.6. The number of benzene rings is 3. The van der Waals surface area contributed by atoms with E-state index in [-0.39, 0.29) is 0 Å². The molecule has 1 N–H and O–H groups in total. The van der Waals surface area contributed by atoms with Gasteiger partial charge in [0.15, 0.2) is 0 Å². The lowest BCUT2D eigenvalue weighted by Gasteiger charge is -2.17. The van der Waals surface area contributed by atoms with E-state index in [9.17, 15) is 0 Å². The number of aryl methyl sites for hydroxylation is 3. The van der Waals surface area contributed by atoms with Gasteiger partial charge >= 0.3 is 0 Å². The van der Waals surface area contributed by atoms with E-state index in [0.717, 1.165) is 29.0 Å². The number of nitrogens with one attached hydrogen (secondary N) is 1. The Hall–Kier alpha value is -3.59. The molecule has 0 aliphatic heterocycles. The van der Waals surface area contributed by atoms with Crippen LogP contribution in [0.3, 0.4) is 0 Å². The van der Waals surface area contributed by atoms with Crippen molar-refractivity contribution in [1.29, 1.82) is 0 Å². The molecule has 3 aromatic carbocycles. The van der Waals surface area contributed by atoms with Gasteiger partial charge in [-0.1, -0.05) is 43.3 Å². The number of hydrogen-bond donors (Lipinski definition) is 1. The quantitative estimate of drug-likeness (QED) is 0.330. The van der Waals surface area contributed by atoms with Crippen LogP contribution in [0.4, 0.5) is 17.1 Å². The zero-order chi connectivity index (χ0) is 21.8. The molecular formula is C28H29N3. The standard InChI is InChI=1S/C28H29N3/c1-5-23-11-9-10-20(2)28(23)31-21(3)18-24(22(31)4)19-29-25-14-16-27(17-15-25)30-26-12-7-6-8-13-26/h6-19,30H,5H2,1-4H3. The van der Waals surface area contributed by atoms with Gasteiger partial charge in [0.25, 0.3) is 0 Å². The third-order valence-corrected chi connectivity index (χ3v) is 5.68. The third-order valence-electron chi connectivity index (χ3n) is 5.68. The molecule has 0 aliphatic rings. The van der Waals surface area contributed by atoms with E-state index in [2.05, 4.69) is 86.1 Å². The van der Waals surface area contributed by atoms with Crippen molar-refractivity contribution in [3.8, 4) is 5.69 Å². The van der Waals surface area contributed by atoms with E-state index in [4.69, 9.17) is 4.99 Å². The predicted molar refractivity (Wildman–Crippen MR) is 133 cm³/mol. The van der Waals surface area contributed by atoms with Gasteiger partial charge < -0.3 is 9.88 Å². The van der Waals surface area contributed by atoms with Crippen molar-refractivity contribution in [1.82, 2.24) is 4.57 Å². The van der Waals surface area contributed by atoms with Gasteiger partial charge in [-0.25, -0.2) is 0 Å². The molecule has 1 heterocycles. The Bertz CT molecular complexity index is 1200. The summed E-state index contributed by atoms with van der Waals surface area (Å²) in [6.45, 7) is 8.74. The average molecular weight is 408 g/mol. The second kappa shape index (κ2) is 9.05. The van der Waals surface area contributed by atoms with Crippen LogP contribution >= 0.6 is 0 Å². The highest BCUT2D eigenvalue weighted by Gasteiger charge is 2.14. The summed E-state index contributed by atoms with van der Waals surface area (Å²) in [6, 6.07) is 27.1. The maximum Gasteiger partial charge on any atom is 0.0631 e. The van der Waals surface area contributed by atoms with Crippen molar-refractivity contribution in [3.05, 3.63) is 107 Å². The number of anilines is 2. The van der Waals surface area contributed by atoms with Gasteiger partial charge in [-0.3, -0.25) is 4.99 Å². The molecular weight excluding hydrogens is 378 g/mol. The van der Waals surface area contributed by atoms with E-state index in [1.54, 1.807) is 0 Å². The van der Waals surface area contributed by atoms with Crippen molar-refractivity contribution in [3.63, 3.8) is 0 Å². The Morgan fingerprint density at radius 1 is 0.839 bits per heavy atom. The summed E-state index contributed by atoms with van der Waals surface area (Å²) in [6.07, 6.45) is 2.99. The number of hydrogen-bond acceptors (Lipinski definition) is 2. The Kier molecular flexibility index (Phi) is 6.03. The molecule has 3 heteroatoms. The molecule has 0 radical (unpaired) electrons. The predicted octanol–water partition coefficient (Wildman–Crippen LogP) is 7.46. The molecule has 4 rings (SSSR count). The molecule has 0 saturated heterocycles. The van der Waals surface area contributed by atoms with Crippen molar-refractivity contribution in [2.24, 2.45) is 4.99 Å². The maximum absolute atomic E-state index is 4.73. The van der Waals surface area contributed by atoms with Gasteiger partial charge in [0.1, 0.15) is 0 Å². The smallest absolute Gasteiger partial charge is 0.0631 e. The maximum atomic E-state index is 4.73. The summed E-state index contributed by atoms with van der Waals surface area (Å²) < 4.78 is 2.36. The molecule has 0 bridgehead atoms. The van der Waals surface area contributed by atoms with Crippen LogP contribution in [0.1, 0.15) is 35.0 Å². The number of aliphatic imine (C=N–C) groups is 1. The minimum atomic E-state index is 0.938. The van der Waals surface area contributed by atoms with E-state index in [1.165, 1.54) is 28.2 Å². The van der Waals surface area contributed by atoms with Crippen molar-refractivity contribution >= 4 is 23.3 Å². The van der Waals surface area contributed by atoms with Gasteiger partial charge in [-0.05, 0) is 80.8 Å². The van der Waals surface area contributed by atoms with Crippen LogP contribution in [-0.2, 0) is 6.42 Å². The highest BCUT2D eigenvalue weighted by Crippen LogP contribution is 2.27. The molecule has 0 atom stereocenters. The van der Waals surface area contributed by atoms with Gasteiger partial charge in [-0.15, -0.1) is 0 Å². The molecule has 0 unspecified atom stereocenters. The van der Waals surface area contributed by atoms with Crippen LogP contribution in [0, 0.1) is 20.8 Å². The Labute approximate surface area is 185 Å². The average Bonchev–Trinajstić information content (AvgIpc) is 3.06. The molecule has 31 heavy (non-hydrogen) atoms. The second-order valence-electron chi connectivity index (χ2n) is 7.89. The minimum Gasteiger partial charge on any atom is -0.356 e. The molecule has 156 valence electrons. The number of aromatic nitrogens is 1. The van der Waals surface area contributed by atoms with Crippen molar-refractivity contribution in [2.45, 2.75) is 34.1 Å². The van der Waals surface area contributed by atoms with Gasteiger partial charge in [-0.2, -0.15) is 0 Å². The highest BCUT2D eigenvalue weighted by molar-refractivity contribution is 5.84. The molecule has 0 fully saturated rings. The molecule has 3 nitrogen and oxygen atoms in total. The minimum absolute atomic E-state index is 0.938. The van der Waals surface area contributed by atoms with Gasteiger partial charge in [0.2, 0.25) is 0 Å². The highest BCUT2D eigenvalue weighted by atomic mass is 15.0. The number of rotatable bonds is 6. The van der Waals surface area contributed by atoms with Crippen LogP contribution in [0.5, 0.6) is 0 Å². The zero-order valence-corrected chi connectivity index (χ0v) is 18.7.